The van der Waals surface area contributed by atoms with Gasteiger partial charge >= 0.3 is 0 Å². The molecule has 3 N–H and O–H groups in total. The van der Waals surface area contributed by atoms with Crippen LogP contribution >= 0.6 is 0 Å². The molecule has 0 fully saturated rings. The Balaban J connectivity index is 2.72. The summed E-state index contributed by atoms with van der Waals surface area (Å²) in [7, 11) is 0. The Labute approximate surface area is 50.2 Å². The first kappa shape index (κ1) is 7.88. The van der Waals surface area contributed by atoms with Crippen LogP contribution in [-0.4, -0.2) is 12.8 Å². The maximum absolute atomic E-state index is 5.25. The minimum Gasteiger partial charge on any atom is -0.305 e. The molecule has 0 saturated carbocycles. The van der Waals surface area contributed by atoms with Crippen molar-refractivity contribution in [2.24, 2.45) is 5.73 Å². The molecule has 1 atom stereocenters. The lowest BCUT2D eigenvalue weighted by atomic mass is 10.5. The second-order valence-electron chi connectivity index (χ2n) is 1.72. The molecular weight excluding hydrogens is 104 g/mol. The van der Waals surface area contributed by atoms with E-state index in [0.29, 0.717) is 0 Å². The molecular formula is C5H14N2O. The van der Waals surface area contributed by atoms with Crippen LogP contribution in [0, 0.1) is 0 Å². The molecule has 0 saturated heterocycles. The molecule has 0 aliphatic heterocycles. The summed E-state index contributed by atoms with van der Waals surface area (Å²) in [6, 6.07) is 0. The van der Waals surface area contributed by atoms with E-state index < -0.39 is 0 Å². The molecule has 0 rings (SSSR count). The van der Waals surface area contributed by atoms with Gasteiger partial charge in [-0.05, 0) is 13.3 Å². The van der Waals surface area contributed by atoms with Gasteiger partial charge in [-0.2, -0.15) is 0 Å². The molecule has 3 heteroatoms. The van der Waals surface area contributed by atoms with Gasteiger partial charge in [0.25, 0.3) is 0 Å². The van der Waals surface area contributed by atoms with E-state index in [1.54, 1.807) is 6.92 Å². The van der Waals surface area contributed by atoms with Crippen molar-refractivity contribution < 1.29 is 4.84 Å². The van der Waals surface area contributed by atoms with E-state index in [0.717, 1.165) is 13.0 Å². The Bertz CT molecular complexity index is 47.7. The van der Waals surface area contributed by atoms with E-state index in [1.807, 2.05) is 0 Å². The van der Waals surface area contributed by atoms with Crippen LogP contribution in [0.1, 0.15) is 20.3 Å². The van der Waals surface area contributed by atoms with E-state index in [4.69, 9.17) is 10.6 Å². The Kier molecular flexibility index (Phi) is 4.95. The average molecular weight is 118 g/mol. The highest BCUT2D eigenvalue weighted by atomic mass is 16.7. The third-order valence-corrected chi connectivity index (χ3v) is 0.621. The van der Waals surface area contributed by atoms with Gasteiger partial charge in [-0.3, -0.25) is 4.84 Å². The summed E-state index contributed by atoms with van der Waals surface area (Å²) >= 11 is 0. The molecule has 0 aromatic rings. The highest BCUT2D eigenvalue weighted by Gasteiger charge is 1.88. The van der Waals surface area contributed by atoms with Crippen LogP contribution in [0.4, 0.5) is 0 Å². The summed E-state index contributed by atoms with van der Waals surface area (Å²) in [5, 5.41) is 0. The molecule has 3 nitrogen and oxygen atoms in total. The number of hydrogen-bond acceptors (Lipinski definition) is 3. The van der Waals surface area contributed by atoms with Crippen molar-refractivity contribution in [2.75, 3.05) is 6.54 Å². The summed E-state index contributed by atoms with van der Waals surface area (Å²) in [6.07, 6.45) is 0.855. The first-order chi connectivity index (χ1) is 3.77. The molecule has 0 heterocycles. The minimum atomic E-state index is -0.207. The summed E-state index contributed by atoms with van der Waals surface area (Å²) < 4.78 is 0. The van der Waals surface area contributed by atoms with Crippen LogP contribution in [0.25, 0.3) is 0 Å². The van der Waals surface area contributed by atoms with E-state index in [1.165, 1.54) is 0 Å². The van der Waals surface area contributed by atoms with Crippen molar-refractivity contribution in [1.82, 2.24) is 5.48 Å². The first-order valence-electron chi connectivity index (χ1n) is 2.91. The predicted molar refractivity (Wildman–Crippen MR) is 33.0 cm³/mol. The molecule has 0 bridgehead atoms. The van der Waals surface area contributed by atoms with Gasteiger partial charge < -0.3 is 5.73 Å². The normalized spacial score (nSPS) is 13.9. The van der Waals surface area contributed by atoms with Gasteiger partial charge in [0.15, 0.2) is 0 Å². The summed E-state index contributed by atoms with van der Waals surface area (Å²) in [6.45, 7) is 4.71. The van der Waals surface area contributed by atoms with Crippen LogP contribution in [0.3, 0.4) is 0 Å². The van der Waals surface area contributed by atoms with Crippen LogP contribution in [-0.2, 0) is 4.84 Å². The number of nitrogens with one attached hydrogen (secondary N) is 1. The fraction of sp³-hybridized carbons (Fsp3) is 1.00. The van der Waals surface area contributed by atoms with Crippen molar-refractivity contribution in [2.45, 2.75) is 26.5 Å². The minimum absolute atomic E-state index is 0.207. The third kappa shape index (κ3) is 5.88. The van der Waals surface area contributed by atoms with E-state index in [-0.39, 0.29) is 6.23 Å². The molecule has 0 spiro atoms. The summed E-state index contributed by atoms with van der Waals surface area (Å²) in [4.78, 5) is 4.81. The molecule has 0 aliphatic rings. The van der Waals surface area contributed by atoms with Gasteiger partial charge in [0.05, 0.1) is 0 Å². The van der Waals surface area contributed by atoms with Crippen molar-refractivity contribution in [3.05, 3.63) is 0 Å². The fourth-order valence-electron chi connectivity index (χ4n) is 0.292. The topological polar surface area (TPSA) is 47.3 Å². The van der Waals surface area contributed by atoms with Crippen molar-refractivity contribution in [1.29, 1.82) is 0 Å². The van der Waals surface area contributed by atoms with E-state index >= 15 is 0 Å². The SMILES string of the molecule is CCCNOC(C)N. The van der Waals surface area contributed by atoms with Crippen molar-refractivity contribution in [3.63, 3.8) is 0 Å². The Morgan fingerprint density at radius 3 is 2.75 bits per heavy atom. The number of nitrogens with two attached hydrogens (primary N) is 1. The lowest BCUT2D eigenvalue weighted by Gasteiger charge is -2.05. The zero-order valence-corrected chi connectivity index (χ0v) is 5.48. The molecule has 0 aromatic carbocycles. The molecule has 0 amide bonds. The maximum Gasteiger partial charge on any atom is 0.124 e. The van der Waals surface area contributed by atoms with Crippen molar-refractivity contribution >= 4 is 0 Å². The van der Waals surface area contributed by atoms with Crippen molar-refractivity contribution in [3.8, 4) is 0 Å². The highest BCUT2D eigenvalue weighted by molar-refractivity contribution is 4.30. The Morgan fingerprint density at radius 2 is 2.38 bits per heavy atom. The van der Waals surface area contributed by atoms with Crippen LogP contribution in [0.2, 0.25) is 0 Å². The Morgan fingerprint density at radius 1 is 1.75 bits per heavy atom. The molecule has 1 unspecified atom stereocenters. The zero-order valence-electron chi connectivity index (χ0n) is 5.48. The second kappa shape index (κ2) is 5.03. The standard InChI is InChI=1S/C5H14N2O/c1-3-4-7-8-5(2)6/h5,7H,3-4,6H2,1-2H3. The smallest absolute Gasteiger partial charge is 0.124 e. The van der Waals surface area contributed by atoms with Gasteiger partial charge in [0.2, 0.25) is 0 Å². The van der Waals surface area contributed by atoms with Gasteiger partial charge in [0, 0.05) is 6.54 Å². The largest absolute Gasteiger partial charge is 0.305 e. The number of hydrogen-bond donors (Lipinski definition) is 2. The van der Waals surface area contributed by atoms with Gasteiger partial charge in [0.1, 0.15) is 6.23 Å². The second-order valence-corrected chi connectivity index (χ2v) is 1.72. The van der Waals surface area contributed by atoms with Gasteiger partial charge in [-0.25, -0.2) is 5.48 Å². The molecule has 8 heavy (non-hydrogen) atoms. The van der Waals surface area contributed by atoms with Gasteiger partial charge in [-0.15, -0.1) is 0 Å². The van der Waals surface area contributed by atoms with Crippen LogP contribution in [0.5, 0.6) is 0 Å². The summed E-state index contributed by atoms with van der Waals surface area (Å²) in [5.74, 6) is 0. The first-order valence-corrected chi connectivity index (χ1v) is 2.91. The predicted octanol–water partition coefficient (Wildman–Crippen LogP) is 0.222. The molecule has 50 valence electrons. The van der Waals surface area contributed by atoms with E-state index in [2.05, 4.69) is 12.4 Å². The quantitative estimate of drug-likeness (QED) is 0.315. The average Bonchev–Trinajstić information content (AvgIpc) is 1.66. The molecule has 0 aliphatic carbocycles. The lowest BCUT2D eigenvalue weighted by molar-refractivity contribution is -0.0109. The highest BCUT2D eigenvalue weighted by Crippen LogP contribution is 1.74. The summed E-state index contributed by atoms with van der Waals surface area (Å²) in [5.41, 5.74) is 7.96. The van der Waals surface area contributed by atoms with Crippen LogP contribution in [0.15, 0.2) is 0 Å². The van der Waals surface area contributed by atoms with Gasteiger partial charge in [-0.1, -0.05) is 6.92 Å². The zero-order chi connectivity index (χ0) is 6.41. The third-order valence-electron chi connectivity index (χ3n) is 0.621. The van der Waals surface area contributed by atoms with E-state index in [9.17, 15) is 0 Å². The van der Waals surface area contributed by atoms with Crippen LogP contribution < -0.4 is 11.2 Å². The molecule has 0 radical (unpaired) electrons. The maximum atomic E-state index is 5.25. The Hall–Kier alpha value is -0.120. The lowest BCUT2D eigenvalue weighted by Crippen LogP contribution is -2.28. The monoisotopic (exact) mass is 118 g/mol. The fourth-order valence-corrected chi connectivity index (χ4v) is 0.292. The number of rotatable bonds is 4. The number of hydroxylamine groups is 1. The molecule has 0 aromatic heterocycles.